The number of benzene rings is 1. The fourth-order valence-corrected chi connectivity index (χ4v) is 3.72. The lowest BCUT2D eigenvalue weighted by Crippen LogP contribution is -2.42. The zero-order valence-electron chi connectivity index (χ0n) is 14.0. The van der Waals surface area contributed by atoms with E-state index in [0.717, 1.165) is 12.1 Å². The standard InChI is InChI=1S/C16H24FNO4S/c1-12(2)18(9-10-22-13(3)4)23(20,21)11-16(19)14-5-7-15(17)8-6-14/h5-8,12-13H,9-11H2,1-4H3. The van der Waals surface area contributed by atoms with Gasteiger partial charge in [-0.25, -0.2) is 12.8 Å². The van der Waals surface area contributed by atoms with Gasteiger partial charge in [-0.15, -0.1) is 0 Å². The van der Waals surface area contributed by atoms with Gasteiger partial charge in [0.1, 0.15) is 11.6 Å². The van der Waals surface area contributed by atoms with Crippen molar-refractivity contribution in [2.45, 2.75) is 39.8 Å². The van der Waals surface area contributed by atoms with Crippen molar-refractivity contribution in [1.29, 1.82) is 0 Å². The molecule has 0 aliphatic heterocycles. The molecule has 1 aromatic rings. The van der Waals surface area contributed by atoms with Gasteiger partial charge >= 0.3 is 0 Å². The number of ether oxygens (including phenoxy) is 1. The molecule has 0 fully saturated rings. The van der Waals surface area contributed by atoms with Crippen molar-refractivity contribution < 1.29 is 22.3 Å². The Hall–Kier alpha value is -1.31. The predicted molar refractivity (Wildman–Crippen MR) is 87.4 cm³/mol. The molecule has 0 heterocycles. The first-order valence-electron chi connectivity index (χ1n) is 7.53. The van der Waals surface area contributed by atoms with E-state index in [1.807, 2.05) is 13.8 Å². The van der Waals surface area contributed by atoms with Crippen molar-refractivity contribution in [3.8, 4) is 0 Å². The highest BCUT2D eigenvalue weighted by molar-refractivity contribution is 7.89. The van der Waals surface area contributed by atoms with Crippen LogP contribution in [-0.4, -0.2) is 49.6 Å². The predicted octanol–water partition coefficient (Wildman–Crippen LogP) is 2.47. The molecule has 0 radical (unpaired) electrons. The van der Waals surface area contributed by atoms with Crippen molar-refractivity contribution in [3.05, 3.63) is 35.6 Å². The molecule has 0 aliphatic carbocycles. The van der Waals surface area contributed by atoms with E-state index in [4.69, 9.17) is 4.74 Å². The molecule has 0 spiro atoms. The molecule has 1 aromatic carbocycles. The lowest BCUT2D eigenvalue weighted by molar-refractivity contribution is 0.0682. The van der Waals surface area contributed by atoms with Gasteiger partial charge < -0.3 is 4.74 Å². The quantitative estimate of drug-likeness (QED) is 0.645. The lowest BCUT2D eigenvalue weighted by Gasteiger charge is -2.26. The van der Waals surface area contributed by atoms with Gasteiger partial charge in [0.15, 0.2) is 5.78 Å². The molecule has 1 rings (SSSR count). The zero-order chi connectivity index (χ0) is 17.6. The van der Waals surface area contributed by atoms with E-state index in [0.29, 0.717) is 0 Å². The number of carbonyl (C=O) groups excluding carboxylic acids is 1. The normalized spacial score (nSPS) is 12.3. The molecule has 130 valence electrons. The van der Waals surface area contributed by atoms with Gasteiger partial charge in [-0.05, 0) is 52.0 Å². The van der Waals surface area contributed by atoms with Crippen LogP contribution >= 0.6 is 0 Å². The first-order valence-corrected chi connectivity index (χ1v) is 9.14. The van der Waals surface area contributed by atoms with Crippen LogP contribution in [0, 0.1) is 5.82 Å². The monoisotopic (exact) mass is 345 g/mol. The molecule has 0 aliphatic rings. The van der Waals surface area contributed by atoms with E-state index in [9.17, 15) is 17.6 Å². The first-order chi connectivity index (χ1) is 10.6. The van der Waals surface area contributed by atoms with Gasteiger partial charge in [-0.1, -0.05) is 0 Å². The molecule has 0 aromatic heterocycles. The topological polar surface area (TPSA) is 63.7 Å². The second kappa shape index (κ2) is 8.52. The molecule has 0 atom stereocenters. The van der Waals surface area contributed by atoms with Crippen LogP contribution in [0.2, 0.25) is 0 Å². The van der Waals surface area contributed by atoms with Crippen LogP contribution in [0.3, 0.4) is 0 Å². The summed E-state index contributed by atoms with van der Waals surface area (Å²) < 4.78 is 44.5. The summed E-state index contributed by atoms with van der Waals surface area (Å²) in [5.41, 5.74) is 0.178. The highest BCUT2D eigenvalue weighted by atomic mass is 32.2. The van der Waals surface area contributed by atoms with Crippen LogP contribution in [0.1, 0.15) is 38.1 Å². The van der Waals surface area contributed by atoms with E-state index in [1.54, 1.807) is 13.8 Å². The van der Waals surface area contributed by atoms with Gasteiger partial charge in [0.2, 0.25) is 10.0 Å². The summed E-state index contributed by atoms with van der Waals surface area (Å²) in [7, 11) is -3.77. The number of hydrogen-bond acceptors (Lipinski definition) is 4. The van der Waals surface area contributed by atoms with Crippen molar-refractivity contribution in [3.63, 3.8) is 0 Å². The fourth-order valence-electron chi connectivity index (χ4n) is 2.06. The second-order valence-corrected chi connectivity index (χ2v) is 7.73. The molecular weight excluding hydrogens is 321 g/mol. The molecule has 0 N–H and O–H groups in total. The van der Waals surface area contributed by atoms with Gasteiger partial charge in [0, 0.05) is 18.2 Å². The first kappa shape index (κ1) is 19.7. The van der Waals surface area contributed by atoms with E-state index < -0.39 is 27.4 Å². The molecule has 0 saturated heterocycles. The van der Waals surface area contributed by atoms with Crippen LogP contribution < -0.4 is 0 Å². The zero-order valence-corrected chi connectivity index (χ0v) is 14.8. The molecule has 0 amide bonds. The van der Waals surface area contributed by atoms with Gasteiger partial charge in [0.05, 0.1) is 12.7 Å². The maximum absolute atomic E-state index is 12.9. The summed E-state index contributed by atoms with van der Waals surface area (Å²) in [6, 6.07) is 4.56. The third-order valence-electron chi connectivity index (χ3n) is 3.18. The Morgan fingerprint density at radius 2 is 1.74 bits per heavy atom. The number of carbonyl (C=O) groups is 1. The maximum Gasteiger partial charge on any atom is 0.221 e. The lowest BCUT2D eigenvalue weighted by atomic mass is 10.1. The van der Waals surface area contributed by atoms with Crippen molar-refractivity contribution in [2.24, 2.45) is 0 Å². The minimum absolute atomic E-state index is 0.00700. The van der Waals surface area contributed by atoms with Crippen molar-refractivity contribution in [1.82, 2.24) is 4.31 Å². The summed E-state index contributed by atoms with van der Waals surface area (Å²) in [4.78, 5) is 12.1. The number of halogens is 1. The minimum Gasteiger partial charge on any atom is -0.377 e. The van der Waals surface area contributed by atoms with Crippen LogP contribution in [-0.2, 0) is 14.8 Å². The number of Topliss-reactive ketones (excluding diaryl/α,β-unsaturated/α-hetero) is 1. The number of nitrogens with zero attached hydrogens (tertiary/aromatic N) is 1. The summed E-state index contributed by atoms with van der Waals surface area (Å²) in [5, 5.41) is 0. The number of rotatable bonds is 9. The summed E-state index contributed by atoms with van der Waals surface area (Å²) in [5.74, 6) is -1.67. The van der Waals surface area contributed by atoms with Crippen LogP contribution in [0.5, 0.6) is 0 Å². The van der Waals surface area contributed by atoms with Crippen LogP contribution in [0.4, 0.5) is 4.39 Å². The Morgan fingerprint density at radius 3 is 2.22 bits per heavy atom. The average molecular weight is 345 g/mol. The van der Waals surface area contributed by atoms with Crippen LogP contribution in [0.15, 0.2) is 24.3 Å². The Balaban J connectivity index is 2.80. The Labute approximate surface area is 137 Å². The van der Waals surface area contributed by atoms with Crippen molar-refractivity contribution in [2.75, 3.05) is 18.9 Å². The maximum atomic E-state index is 12.9. The molecule has 0 saturated carbocycles. The van der Waals surface area contributed by atoms with E-state index in [2.05, 4.69) is 0 Å². The number of sulfonamides is 1. The third kappa shape index (κ3) is 6.37. The smallest absolute Gasteiger partial charge is 0.221 e. The van der Waals surface area contributed by atoms with Gasteiger partial charge in [0.25, 0.3) is 0 Å². The number of hydrogen-bond donors (Lipinski definition) is 0. The Kier molecular flexibility index (Phi) is 7.31. The Bertz CT molecular complexity index is 611. The second-order valence-electron chi connectivity index (χ2n) is 5.81. The molecule has 5 nitrogen and oxygen atoms in total. The van der Waals surface area contributed by atoms with Gasteiger partial charge in [-0.3, -0.25) is 4.79 Å². The van der Waals surface area contributed by atoms with E-state index in [1.165, 1.54) is 16.4 Å². The fraction of sp³-hybridized carbons (Fsp3) is 0.562. The van der Waals surface area contributed by atoms with E-state index in [-0.39, 0.29) is 30.9 Å². The third-order valence-corrected chi connectivity index (χ3v) is 5.12. The Morgan fingerprint density at radius 1 is 1.17 bits per heavy atom. The molecule has 23 heavy (non-hydrogen) atoms. The van der Waals surface area contributed by atoms with Crippen LogP contribution in [0.25, 0.3) is 0 Å². The minimum atomic E-state index is -3.77. The molecule has 7 heteroatoms. The highest BCUT2D eigenvalue weighted by Gasteiger charge is 2.28. The highest BCUT2D eigenvalue weighted by Crippen LogP contribution is 2.11. The molecule has 0 unspecified atom stereocenters. The van der Waals surface area contributed by atoms with E-state index >= 15 is 0 Å². The summed E-state index contributed by atoms with van der Waals surface area (Å²) in [6.07, 6.45) is 0.00700. The molecular formula is C16H24FNO4S. The average Bonchev–Trinajstić information content (AvgIpc) is 2.42. The summed E-state index contributed by atoms with van der Waals surface area (Å²) in [6.45, 7) is 7.68. The van der Waals surface area contributed by atoms with Gasteiger partial charge in [-0.2, -0.15) is 4.31 Å². The summed E-state index contributed by atoms with van der Waals surface area (Å²) >= 11 is 0. The number of ketones is 1. The van der Waals surface area contributed by atoms with Crippen molar-refractivity contribution >= 4 is 15.8 Å². The SMILES string of the molecule is CC(C)OCCN(C(C)C)S(=O)(=O)CC(=O)c1ccc(F)cc1. The largest absolute Gasteiger partial charge is 0.377 e. The molecule has 0 bridgehead atoms.